The van der Waals surface area contributed by atoms with E-state index >= 15 is 0 Å². The van der Waals surface area contributed by atoms with Crippen LogP contribution in [0.3, 0.4) is 0 Å². The van der Waals surface area contributed by atoms with Gasteiger partial charge in [-0.25, -0.2) is 4.98 Å². The predicted molar refractivity (Wildman–Crippen MR) is 50.9 cm³/mol. The van der Waals surface area contributed by atoms with E-state index < -0.39 is 5.24 Å². The fourth-order valence-corrected chi connectivity index (χ4v) is 0.914. The van der Waals surface area contributed by atoms with Gasteiger partial charge in [0.25, 0.3) is 5.24 Å². The summed E-state index contributed by atoms with van der Waals surface area (Å²) in [5.74, 6) is 0. The first-order valence-corrected chi connectivity index (χ1v) is 4.31. The number of halogens is 1. The zero-order valence-electron chi connectivity index (χ0n) is 7.84. The lowest BCUT2D eigenvalue weighted by molar-refractivity contribution is 0.107. The van der Waals surface area contributed by atoms with Crippen LogP contribution in [0, 0.1) is 0 Å². The maximum absolute atomic E-state index is 10.7. The van der Waals surface area contributed by atoms with E-state index in [-0.39, 0.29) is 11.1 Å². The number of carbonyl (C=O) groups excluding carboxylic acids is 1. The third kappa shape index (κ3) is 2.49. The first-order valence-electron chi connectivity index (χ1n) is 3.93. The zero-order valence-corrected chi connectivity index (χ0v) is 8.59. The van der Waals surface area contributed by atoms with E-state index in [0.29, 0.717) is 0 Å². The van der Waals surface area contributed by atoms with Gasteiger partial charge in [-0.15, -0.1) is 0 Å². The monoisotopic (exact) mass is 198 g/mol. The van der Waals surface area contributed by atoms with E-state index in [4.69, 9.17) is 11.6 Å². The second-order valence-electron chi connectivity index (χ2n) is 3.81. The van der Waals surface area contributed by atoms with Crippen LogP contribution in [0.4, 0.5) is 0 Å². The Balaban J connectivity index is 3.01. The average molecular weight is 199 g/mol. The molecule has 1 rings (SSSR count). The topological polar surface area (TPSA) is 42.9 Å². The van der Waals surface area contributed by atoms with Gasteiger partial charge in [0, 0.05) is 11.6 Å². The number of hydrogen-bond donors (Lipinski definition) is 0. The summed E-state index contributed by atoms with van der Waals surface area (Å²) in [6, 6.07) is 0. The van der Waals surface area contributed by atoms with Gasteiger partial charge in [0.1, 0.15) is 5.69 Å². The van der Waals surface area contributed by atoms with Crippen LogP contribution < -0.4 is 0 Å². The van der Waals surface area contributed by atoms with Crippen LogP contribution >= 0.6 is 11.6 Å². The maximum atomic E-state index is 10.7. The number of carbonyl (C=O) groups is 1. The third-order valence-corrected chi connectivity index (χ3v) is 1.82. The molecule has 0 amide bonds. The molecule has 0 saturated carbocycles. The van der Waals surface area contributed by atoms with Gasteiger partial charge in [0.05, 0.1) is 11.9 Å². The molecule has 0 bridgehead atoms. The van der Waals surface area contributed by atoms with Crippen molar-refractivity contribution in [1.82, 2.24) is 9.97 Å². The van der Waals surface area contributed by atoms with Crippen molar-refractivity contribution in [3.8, 4) is 0 Å². The van der Waals surface area contributed by atoms with Crippen molar-refractivity contribution < 1.29 is 4.79 Å². The van der Waals surface area contributed by atoms with E-state index in [1.165, 1.54) is 6.20 Å². The quantitative estimate of drug-likeness (QED) is 0.650. The Morgan fingerprint density at radius 3 is 2.23 bits per heavy atom. The Kier molecular flexibility index (Phi) is 2.66. The highest BCUT2D eigenvalue weighted by Gasteiger charge is 2.16. The predicted octanol–water partition coefficient (Wildman–Crippen LogP) is 2.15. The smallest absolute Gasteiger partial charge is 0.272 e. The van der Waals surface area contributed by atoms with E-state index in [1.807, 2.05) is 20.8 Å². The number of aromatic nitrogens is 2. The summed E-state index contributed by atoms with van der Waals surface area (Å²) in [6.07, 6.45) is 2.98. The zero-order chi connectivity index (χ0) is 10.1. The van der Waals surface area contributed by atoms with E-state index in [0.717, 1.165) is 5.69 Å². The standard InChI is InChI=1S/C9H11ClN2O/c1-9(2,3)7-5-11-6(4-12-7)8(10)13/h4-5H,1-3H3. The van der Waals surface area contributed by atoms with Crippen molar-refractivity contribution in [2.75, 3.05) is 0 Å². The van der Waals surface area contributed by atoms with Crippen molar-refractivity contribution in [1.29, 1.82) is 0 Å². The number of hydrogen-bond acceptors (Lipinski definition) is 3. The summed E-state index contributed by atoms with van der Waals surface area (Å²) in [7, 11) is 0. The highest BCUT2D eigenvalue weighted by Crippen LogP contribution is 2.18. The summed E-state index contributed by atoms with van der Waals surface area (Å²) in [4.78, 5) is 18.7. The molecular weight excluding hydrogens is 188 g/mol. The van der Waals surface area contributed by atoms with Gasteiger partial charge in [-0.05, 0) is 11.6 Å². The first kappa shape index (κ1) is 10.1. The molecule has 0 fully saturated rings. The molecule has 0 N–H and O–H groups in total. The average Bonchev–Trinajstić information content (AvgIpc) is 2.03. The second kappa shape index (κ2) is 3.42. The summed E-state index contributed by atoms with van der Waals surface area (Å²) < 4.78 is 0. The van der Waals surface area contributed by atoms with Crippen LogP contribution in [-0.4, -0.2) is 15.2 Å². The molecule has 0 aliphatic heterocycles. The Morgan fingerprint density at radius 2 is 1.92 bits per heavy atom. The van der Waals surface area contributed by atoms with Crippen molar-refractivity contribution in [3.05, 3.63) is 23.8 Å². The Bertz CT molecular complexity index is 313. The van der Waals surface area contributed by atoms with Crippen LogP contribution in [0.15, 0.2) is 12.4 Å². The molecule has 0 unspecified atom stereocenters. The van der Waals surface area contributed by atoms with Gasteiger partial charge >= 0.3 is 0 Å². The van der Waals surface area contributed by atoms with Gasteiger partial charge in [0.2, 0.25) is 0 Å². The first-order chi connectivity index (χ1) is 5.91. The van der Waals surface area contributed by atoms with Crippen molar-refractivity contribution in [3.63, 3.8) is 0 Å². The fourth-order valence-electron chi connectivity index (χ4n) is 0.817. The molecule has 0 saturated heterocycles. The van der Waals surface area contributed by atoms with Crippen molar-refractivity contribution in [2.24, 2.45) is 0 Å². The molecule has 70 valence electrons. The van der Waals surface area contributed by atoms with Crippen LogP contribution in [0.1, 0.15) is 37.0 Å². The molecule has 13 heavy (non-hydrogen) atoms. The molecule has 0 spiro atoms. The SMILES string of the molecule is CC(C)(C)c1cnc(C(=O)Cl)cn1. The molecule has 0 atom stereocenters. The summed E-state index contributed by atoms with van der Waals surface area (Å²) in [5, 5.41) is -0.576. The number of nitrogens with zero attached hydrogens (tertiary/aromatic N) is 2. The third-order valence-electron chi connectivity index (χ3n) is 1.62. The largest absolute Gasteiger partial charge is 0.274 e. The molecular formula is C9H11ClN2O. The molecule has 0 aliphatic rings. The van der Waals surface area contributed by atoms with Crippen LogP contribution in [0.5, 0.6) is 0 Å². The summed E-state index contributed by atoms with van der Waals surface area (Å²) in [5.41, 5.74) is 0.977. The van der Waals surface area contributed by atoms with Gasteiger partial charge in [-0.1, -0.05) is 20.8 Å². The lowest BCUT2D eigenvalue weighted by Gasteiger charge is -2.16. The molecule has 1 heterocycles. The molecule has 1 aromatic heterocycles. The number of rotatable bonds is 1. The van der Waals surface area contributed by atoms with Gasteiger partial charge in [0.15, 0.2) is 0 Å². The lowest BCUT2D eigenvalue weighted by atomic mass is 9.93. The highest BCUT2D eigenvalue weighted by molar-refractivity contribution is 6.67. The molecule has 0 aromatic carbocycles. The highest BCUT2D eigenvalue weighted by atomic mass is 35.5. The van der Waals surface area contributed by atoms with Crippen LogP contribution in [0.25, 0.3) is 0 Å². The Morgan fingerprint density at radius 1 is 1.31 bits per heavy atom. The molecule has 3 nitrogen and oxygen atoms in total. The fraction of sp³-hybridized carbons (Fsp3) is 0.444. The summed E-state index contributed by atoms with van der Waals surface area (Å²) >= 11 is 5.23. The van der Waals surface area contributed by atoms with Gasteiger partial charge in [-0.2, -0.15) is 0 Å². The van der Waals surface area contributed by atoms with Crippen molar-refractivity contribution in [2.45, 2.75) is 26.2 Å². The van der Waals surface area contributed by atoms with E-state index in [1.54, 1.807) is 6.20 Å². The molecule has 4 heteroatoms. The minimum Gasteiger partial charge on any atom is -0.274 e. The van der Waals surface area contributed by atoms with Crippen LogP contribution in [-0.2, 0) is 5.41 Å². The molecule has 0 radical (unpaired) electrons. The minimum absolute atomic E-state index is 0.0547. The van der Waals surface area contributed by atoms with Crippen LogP contribution in [0.2, 0.25) is 0 Å². The normalized spacial score (nSPS) is 11.4. The molecule has 0 aliphatic carbocycles. The maximum Gasteiger partial charge on any atom is 0.272 e. The van der Waals surface area contributed by atoms with E-state index in [2.05, 4.69) is 9.97 Å². The lowest BCUT2D eigenvalue weighted by Crippen LogP contribution is -2.14. The Labute approximate surface area is 82.2 Å². The Hall–Kier alpha value is -0.960. The second-order valence-corrected chi connectivity index (χ2v) is 4.15. The van der Waals surface area contributed by atoms with Gasteiger partial charge < -0.3 is 0 Å². The summed E-state index contributed by atoms with van der Waals surface area (Å²) in [6.45, 7) is 6.08. The molecule has 1 aromatic rings. The minimum atomic E-state index is -0.576. The van der Waals surface area contributed by atoms with E-state index in [9.17, 15) is 4.79 Å². The van der Waals surface area contributed by atoms with Crippen molar-refractivity contribution >= 4 is 16.8 Å². The van der Waals surface area contributed by atoms with Gasteiger partial charge in [-0.3, -0.25) is 9.78 Å².